The van der Waals surface area contributed by atoms with E-state index in [4.69, 9.17) is 3.07 Å². The summed E-state index contributed by atoms with van der Waals surface area (Å²) in [5, 5.41) is 0. The van der Waals surface area contributed by atoms with E-state index in [1.807, 2.05) is 0 Å². The maximum atomic E-state index is 6.24. The van der Waals surface area contributed by atoms with Crippen molar-refractivity contribution >= 4 is 20.2 Å². The Morgan fingerprint density at radius 3 is 1.38 bits per heavy atom. The molecule has 0 aromatic carbocycles. The minimum absolute atomic E-state index is 1.04. The number of rotatable bonds is 17. The first-order chi connectivity index (χ1) is 10.3. The molecule has 0 aliphatic heterocycles. The molecule has 127 valence electrons. The fourth-order valence-corrected chi connectivity index (χ4v) is 9.34. The van der Waals surface area contributed by atoms with Crippen molar-refractivity contribution in [2.75, 3.05) is 6.61 Å². The van der Waals surface area contributed by atoms with Crippen molar-refractivity contribution < 1.29 is 3.07 Å². The molecule has 0 heterocycles. The van der Waals surface area contributed by atoms with Crippen LogP contribution in [-0.2, 0) is 3.07 Å². The molecule has 0 rings (SSSR count). The Bertz CT molecular complexity index is 168. The molecule has 1 radical (unpaired) electrons. The molecule has 0 saturated carbocycles. The summed E-state index contributed by atoms with van der Waals surface area (Å²) in [5.74, 6) is 0. The molecule has 0 atom stereocenters. The molecule has 0 saturated heterocycles. The molecule has 1 nitrogen and oxygen atoms in total. The van der Waals surface area contributed by atoms with Gasteiger partial charge in [-0.05, 0) is 0 Å². The van der Waals surface area contributed by atoms with Gasteiger partial charge in [-0.2, -0.15) is 0 Å². The first-order valence-electron chi connectivity index (χ1n) is 9.82. The molecular weight excluding hydrogens is 363 g/mol. The number of unbranched alkanes of at least 4 members (excludes halogenated alkanes) is 10. The molecule has 0 aromatic heterocycles. The SMILES string of the molecule is CCCCCCC[CH2][Sn]([CH2]CCCCCCC)[O]CCC. The summed E-state index contributed by atoms with van der Waals surface area (Å²) in [7, 11) is 0. The van der Waals surface area contributed by atoms with Crippen molar-refractivity contribution in [3.63, 3.8) is 0 Å². The van der Waals surface area contributed by atoms with Gasteiger partial charge in [-0.3, -0.25) is 0 Å². The second-order valence-corrected chi connectivity index (χ2v) is 13.2. The van der Waals surface area contributed by atoms with E-state index in [0.717, 1.165) is 6.61 Å². The van der Waals surface area contributed by atoms with E-state index >= 15 is 0 Å². The molecule has 2 heteroatoms. The van der Waals surface area contributed by atoms with E-state index in [1.54, 1.807) is 0 Å². The van der Waals surface area contributed by atoms with Gasteiger partial charge in [-0.25, -0.2) is 0 Å². The van der Waals surface area contributed by atoms with Crippen LogP contribution in [0.3, 0.4) is 0 Å². The summed E-state index contributed by atoms with van der Waals surface area (Å²) in [5.41, 5.74) is 0. The van der Waals surface area contributed by atoms with E-state index in [1.165, 1.54) is 92.3 Å². The second-order valence-electron chi connectivity index (χ2n) is 6.42. The average Bonchev–Trinajstić information content (AvgIpc) is 2.50. The Balaban J connectivity index is 3.56. The van der Waals surface area contributed by atoms with Crippen LogP contribution in [0.1, 0.15) is 104 Å². The molecule has 0 amide bonds. The topological polar surface area (TPSA) is 9.23 Å². The van der Waals surface area contributed by atoms with Crippen LogP contribution in [0.5, 0.6) is 0 Å². The van der Waals surface area contributed by atoms with Crippen LogP contribution < -0.4 is 0 Å². The first kappa shape index (κ1) is 21.8. The summed E-state index contributed by atoms with van der Waals surface area (Å²) < 4.78 is 9.22. The molecule has 0 N–H and O–H groups in total. The first-order valence-corrected chi connectivity index (χ1v) is 15.0. The zero-order chi connectivity index (χ0) is 15.6. The van der Waals surface area contributed by atoms with E-state index < -0.39 is 20.2 Å². The molecule has 0 fully saturated rings. The second kappa shape index (κ2) is 18.8. The fraction of sp³-hybridized carbons (Fsp3) is 1.00. The summed E-state index contributed by atoms with van der Waals surface area (Å²) in [6.45, 7) is 7.88. The van der Waals surface area contributed by atoms with Gasteiger partial charge in [0.25, 0.3) is 0 Å². The third-order valence-corrected chi connectivity index (χ3v) is 11.1. The molecule has 0 bridgehead atoms. The zero-order valence-electron chi connectivity index (χ0n) is 15.2. The molecule has 0 unspecified atom stereocenters. The quantitative estimate of drug-likeness (QED) is 0.185. The standard InChI is InChI=1S/2C8H17.C3H7O.Sn/c2*1-3-5-7-8-6-4-2;1-2-3-4;/h2*1,3-8H2,2H3;2-3H2,1H3;/q;;-1;+1. The molecular formula is C19H41OSn. The van der Waals surface area contributed by atoms with Gasteiger partial charge in [0.15, 0.2) is 0 Å². The Hall–Kier alpha value is 0.759. The van der Waals surface area contributed by atoms with Crippen molar-refractivity contribution in [3.8, 4) is 0 Å². The van der Waals surface area contributed by atoms with Gasteiger partial charge in [-0.1, -0.05) is 0 Å². The van der Waals surface area contributed by atoms with Crippen molar-refractivity contribution in [2.24, 2.45) is 0 Å². The van der Waals surface area contributed by atoms with Gasteiger partial charge in [0.05, 0.1) is 0 Å². The van der Waals surface area contributed by atoms with Crippen molar-refractivity contribution in [1.29, 1.82) is 0 Å². The van der Waals surface area contributed by atoms with Gasteiger partial charge in [0.1, 0.15) is 0 Å². The van der Waals surface area contributed by atoms with Crippen LogP contribution in [-0.4, -0.2) is 26.8 Å². The monoisotopic (exact) mass is 405 g/mol. The third-order valence-electron chi connectivity index (χ3n) is 4.13. The van der Waals surface area contributed by atoms with Gasteiger partial charge >= 0.3 is 143 Å². The Morgan fingerprint density at radius 1 is 0.524 bits per heavy atom. The third kappa shape index (κ3) is 17.0. The van der Waals surface area contributed by atoms with E-state index in [2.05, 4.69) is 20.8 Å². The van der Waals surface area contributed by atoms with Crippen LogP contribution in [0.4, 0.5) is 0 Å². The Labute approximate surface area is 142 Å². The fourth-order valence-electron chi connectivity index (χ4n) is 2.72. The van der Waals surface area contributed by atoms with Crippen LogP contribution in [0.15, 0.2) is 0 Å². The van der Waals surface area contributed by atoms with Crippen molar-refractivity contribution in [3.05, 3.63) is 0 Å². The van der Waals surface area contributed by atoms with Crippen molar-refractivity contribution in [2.45, 2.75) is 113 Å². The normalized spacial score (nSPS) is 11.4. The molecule has 21 heavy (non-hydrogen) atoms. The predicted octanol–water partition coefficient (Wildman–Crippen LogP) is 7.13. The minimum atomic E-state index is -1.46. The van der Waals surface area contributed by atoms with Gasteiger partial charge in [0, 0.05) is 0 Å². The Kier molecular flexibility index (Phi) is 19.5. The van der Waals surface area contributed by atoms with Crippen LogP contribution in [0.25, 0.3) is 0 Å². The maximum absolute atomic E-state index is 6.24. The summed E-state index contributed by atoms with van der Waals surface area (Å²) in [6.07, 6.45) is 18.4. The van der Waals surface area contributed by atoms with Crippen LogP contribution in [0.2, 0.25) is 8.87 Å². The van der Waals surface area contributed by atoms with E-state index in [0.29, 0.717) is 0 Å². The Morgan fingerprint density at radius 2 is 0.952 bits per heavy atom. The van der Waals surface area contributed by atoms with Gasteiger partial charge in [0.2, 0.25) is 0 Å². The van der Waals surface area contributed by atoms with Gasteiger partial charge in [-0.15, -0.1) is 0 Å². The summed E-state index contributed by atoms with van der Waals surface area (Å²) in [6, 6.07) is 0. The van der Waals surface area contributed by atoms with E-state index in [-0.39, 0.29) is 0 Å². The number of hydrogen-bond donors (Lipinski definition) is 0. The van der Waals surface area contributed by atoms with Gasteiger partial charge < -0.3 is 0 Å². The summed E-state index contributed by atoms with van der Waals surface area (Å²) in [4.78, 5) is 0. The van der Waals surface area contributed by atoms with Crippen LogP contribution in [0, 0.1) is 0 Å². The molecule has 0 aliphatic rings. The summed E-state index contributed by atoms with van der Waals surface area (Å²) >= 11 is -1.46. The van der Waals surface area contributed by atoms with Crippen molar-refractivity contribution in [1.82, 2.24) is 0 Å². The molecule has 0 aliphatic carbocycles. The number of hydrogen-bond acceptors (Lipinski definition) is 1. The van der Waals surface area contributed by atoms with Crippen LogP contribution >= 0.6 is 0 Å². The zero-order valence-corrected chi connectivity index (χ0v) is 18.1. The molecule has 0 aromatic rings. The predicted molar refractivity (Wildman–Crippen MR) is 98.4 cm³/mol. The average molecular weight is 404 g/mol. The molecule has 0 spiro atoms. The van der Waals surface area contributed by atoms with E-state index in [9.17, 15) is 0 Å².